The van der Waals surface area contributed by atoms with Crippen molar-refractivity contribution in [2.24, 2.45) is 0 Å². The summed E-state index contributed by atoms with van der Waals surface area (Å²) in [5, 5.41) is 4.25. The summed E-state index contributed by atoms with van der Waals surface area (Å²) in [5.74, 6) is 0. The largest absolute Gasteiger partial charge is 0.446 e. The van der Waals surface area contributed by atoms with Crippen LogP contribution in [0.5, 0.6) is 0 Å². The van der Waals surface area contributed by atoms with Crippen LogP contribution in [0.4, 0.5) is 24.0 Å². The molecule has 0 bridgehead atoms. The van der Waals surface area contributed by atoms with E-state index in [1.54, 1.807) is 11.3 Å². The van der Waals surface area contributed by atoms with Gasteiger partial charge in [-0.1, -0.05) is 28.1 Å². The third-order valence-corrected chi connectivity index (χ3v) is 4.79. The Hall–Kier alpha value is -2.33. The number of rotatable bonds is 2. The Balaban J connectivity index is 0.000000159. The van der Waals surface area contributed by atoms with E-state index in [4.69, 9.17) is 0 Å². The predicted octanol–water partition coefficient (Wildman–Crippen LogP) is 5.74. The van der Waals surface area contributed by atoms with Crippen molar-refractivity contribution >= 4 is 39.4 Å². The van der Waals surface area contributed by atoms with Crippen LogP contribution >= 0.6 is 27.3 Å². The summed E-state index contributed by atoms with van der Waals surface area (Å²) in [7, 11) is 0. The number of benzene rings is 1. The van der Waals surface area contributed by atoms with Crippen LogP contribution < -0.4 is 4.90 Å². The summed E-state index contributed by atoms with van der Waals surface area (Å²) in [6, 6.07) is 8.04. The Kier molecular flexibility index (Phi) is 5.85. The summed E-state index contributed by atoms with van der Waals surface area (Å²) in [4.78, 5) is 14.9. The number of carbonyl (C=O) groups excluding carboxylic acids is 1. The third-order valence-electron chi connectivity index (χ3n) is 3.57. The van der Waals surface area contributed by atoms with Crippen molar-refractivity contribution < 1.29 is 27.1 Å². The molecule has 142 valence electrons. The zero-order valence-electron chi connectivity index (χ0n) is 13.5. The van der Waals surface area contributed by atoms with Gasteiger partial charge in [0.2, 0.25) is 0 Å². The Bertz CT molecular complexity index is 868. The molecular formula is C17H12BrF3N2O3S. The number of hydrogen-bond acceptors (Lipinski definition) is 5. The van der Waals surface area contributed by atoms with E-state index in [0.717, 1.165) is 16.9 Å². The second-order valence-corrected chi connectivity index (χ2v) is 7.03. The highest BCUT2D eigenvalue weighted by Gasteiger charge is 2.53. The van der Waals surface area contributed by atoms with E-state index in [-0.39, 0.29) is 0 Å². The fraction of sp³-hybridized carbons (Fsp3) is 0.176. The molecule has 0 radical (unpaired) electrons. The number of halogens is 4. The number of anilines is 1. The lowest BCUT2D eigenvalue weighted by Crippen LogP contribution is -2.44. The number of cyclic esters (lactones) is 1. The van der Waals surface area contributed by atoms with Crippen molar-refractivity contribution in [2.45, 2.75) is 12.2 Å². The minimum Gasteiger partial charge on any atom is -0.446 e. The molecule has 1 amide bonds. The quantitative estimate of drug-likeness (QED) is 0.489. The normalized spacial score (nSPS) is 16.7. The number of nitrogens with zero attached hydrogens (tertiary/aromatic N) is 2. The van der Waals surface area contributed by atoms with E-state index >= 15 is 0 Å². The molecule has 5 nitrogen and oxygen atoms in total. The van der Waals surface area contributed by atoms with Gasteiger partial charge in [-0.15, -0.1) is 0 Å². The first-order valence-corrected chi connectivity index (χ1v) is 9.30. The summed E-state index contributed by atoms with van der Waals surface area (Å²) in [5.41, 5.74) is 2.58. The minimum absolute atomic E-state index is 0.347. The number of amides is 1. The molecule has 1 saturated heterocycles. The SMILES string of the molecule is Brc1ccc(-c2ccsc2)cc1.O=C1OCC(C(F)(F)F)N1c1ncco1. The standard InChI is InChI=1S/C10H7BrS.C7H5F3N2O3/c11-10-3-1-8(2-4-10)9-5-6-12-7-9;8-7(9,10)4-3-15-6(13)12(4)5-11-1-2-14-5/h1-7H;1-2,4H,3H2. The van der Waals surface area contributed by atoms with Crippen molar-refractivity contribution in [1.29, 1.82) is 0 Å². The van der Waals surface area contributed by atoms with Crippen LogP contribution in [0.25, 0.3) is 11.1 Å². The zero-order chi connectivity index (χ0) is 19.4. The van der Waals surface area contributed by atoms with E-state index in [1.807, 2.05) is 0 Å². The van der Waals surface area contributed by atoms with E-state index in [9.17, 15) is 18.0 Å². The van der Waals surface area contributed by atoms with Crippen LogP contribution in [-0.2, 0) is 4.74 Å². The number of alkyl halides is 3. The van der Waals surface area contributed by atoms with Gasteiger partial charge in [0.1, 0.15) is 12.9 Å². The first-order chi connectivity index (χ1) is 12.9. The van der Waals surface area contributed by atoms with Crippen molar-refractivity contribution in [3.05, 3.63) is 58.0 Å². The van der Waals surface area contributed by atoms with Gasteiger partial charge < -0.3 is 9.15 Å². The number of oxazole rings is 1. The topological polar surface area (TPSA) is 55.6 Å². The van der Waals surface area contributed by atoms with E-state index in [0.29, 0.717) is 4.90 Å². The molecule has 4 rings (SSSR count). The molecule has 2 aromatic heterocycles. The van der Waals surface area contributed by atoms with Crippen LogP contribution in [0.15, 0.2) is 62.4 Å². The number of aromatic nitrogens is 1. The van der Waals surface area contributed by atoms with Crippen LogP contribution in [0, 0.1) is 0 Å². The zero-order valence-corrected chi connectivity index (χ0v) is 15.9. The van der Waals surface area contributed by atoms with E-state index < -0.39 is 30.9 Å². The van der Waals surface area contributed by atoms with Crippen LogP contribution in [0.3, 0.4) is 0 Å². The summed E-state index contributed by atoms with van der Waals surface area (Å²) in [6.45, 7) is -0.745. The molecule has 0 spiro atoms. The summed E-state index contributed by atoms with van der Waals surface area (Å²) in [6.07, 6.45) is -3.46. The fourth-order valence-corrected chi connectivity index (χ4v) is 3.21. The lowest BCUT2D eigenvalue weighted by molar-refractivity contribution is -0.147. The van der Waals surface area contributed by atoms with Crippen LogP contribution in [0.2, 0.25) is 0 Å². The van der Waals surface area contributed by atoms with Crippen molar-refractivity contribution in [2.75, 3.05) is 11.5 Å². The van der Waals surface area contributed by atoms with Gasteiger partial charge in [0, 0.05) is 4.47 Å². The monoisotopic (exact) mass is 460 g/mol. The maximum atomic E-state index is 12.4. The fourth-order valence-electron chi connectivity index (χ4n) is 2.28. The molecular weight excluding hydrogens is 449 g/mol. The molecule has 0 aliphatic carbocycles. The lowest BCUT2D eigenvalue weighted by Gasteiger charge is -2.19. The van der Waals surface area contributed by atoms with E-state index in [1.165, 1.54) is 11.1 Å². The summed E-state index contributed by atoms with van der Waals surface area (Å²) < 4.78 is 47.3. The number of ether oxygens (including phenoxy) is 1. The van der Waals surface area contributed by atoms with Gasteiger partial charge in [-0.05, 0) is 40.1 Å². The highest BCUT2D eigenvalue weighted by atomic mass is 79.9. The molecule has 27 heavy (non-hydrogen) atoms. The predicted molar refractivity (Wildman–Crippen MR) is 97.6 cm³/mol. The average Bonchev–Trinajstić information content (AvgIpc) is 3.36. The average molecular weight is 461 g/mol. The maximum Gasteiger partial charge on any atom is 0.418 e. The minimum atomic E-state index is -4.57. The molecule has 0 saturated carbocycles. The van der Waals surface area contributed by atoms with Gasteiger partial charge in [-0.2, -0.15) is 24.5 Å². The number of carbonyl (C=O) groups is 1. The molecule has 1 aliphatic rings. The maximum absolute atomic E-state index is 12.4. The molecule has 1 aliphatic heterocycles. The molecule has 1 unspecified atom stereocenters. The Labute approximate surface area is 164 Å². The van der Waals surface area contributed by atoms with Crippen molar-refractivity contribution in [1.82, 2.24) is 4.98 Å². The highest BCUT2D eigenvalue weighted by Crippen LogP contribution is 2.32. The smallest absolute Gasteiger partial charge is 0.418 e. The first-order valence-electron chi connectivity index (χ1n) is 7.56. The second-order valence-electron chi connectivity index (χ2n) is 5.34. The van der Waals surface area contributed by atoms with Gasteiger partial charge in [-0.3, -0.25) is 0 Å². The molecule has 0 N–H and O–H groups in total. The molecule has 3 heterocycles. The second kappa shape index (κ2) is 8.13. The van der Waals surface area contributed by atoms with Crippen LogP contribution in [0.1, 0.15) is 0 Å². The molecule has 10 heteroatoms. The third kappa shape index (κ3) is 4.69. The highest BCUT2D eigenvalue weighted by molar-refractivity contribution is 9.10. The van der Waals surface area contributed by atoms with Crippen molar-refractivity contribution in [3.63, 3.8) is 0 Å². The Morgan fingerprint density at radius 3 is 2.48 bits per heavy atom. The van der Waals surface area contributed by atoms with Crippen LogP contribution in [-0.4, -0.2) is 29.9 Å². The van der Waals surface area contributed by atoms with Gasteiger partial charge in [0.05, 0.1) is 6.20 Å². The molecule has 1 fully saturated rings. The molecule has 3 aromatic rings. The van der Waals surface area contributed by atoms with E-state index in [2.05, 4.69) is 71.2 Å². The van der Waals surface area contributed by atoms with Gasteiger partial charge >= 0.3 is 18.3 Å². The number of thiophene rings is 1. The van der Waals surface area contributed by atoms with Gasteiger partial charge in [-0.25, -0.2) is 14.7 Å². The first kappa shape index (κ1) is 19.4. The number of hydrogen-bond donors (Lipinski definition) is 0. The van der Waals surface area contributed by atoms with Crippen molar-refractivity contribution in [3.8, 4) is 11.1 Å². The lowest BCUT2D eigenvalue weighted by atomic mass is 10.1. The van der Waals surface area contributed by atoms with Gasteiger partial charge in [0.25, 0.3) is 0 Å². The molecule has 1 aromatic carbocycles. The van der Waals surface area contributed by atoms with Gasteiger partial charge in [0.15, 0.2) is 6.04 Å². The Morgan fingerprint density at radius 2 is 1.93 bits per heavy atom. The molecule has 1 atom stereocenters. The summed E-state index contributed by atoms with van der Waals surface area (Å²) >= 11 is 5.14. The Morgan fingerprint density at radius 1 is 1.19 bits per heavy atom.